The minimum absolute atomic E-state index is 0.00760. The fourth-order valence-electron chi connectivity index (χ4n) is 4.24. The molecule has 2 heterocycles. The van der Waals surface area contributed by atoms with Crippen LogP contribution in [0.5, 0.6) is 5.75 Å². The van der Waals surface area contributed by atoms with Crippen molar-refractivity contribution in [1.29, 1.82) is 0 Å². The van der Waals surface area contributed by atoms with E-state index < -0.39 is 17.7 Å². The Bertz CT molecular complexity index is 1260. The van der Waals surface area contributed by atoms with E-state index in [-0.39, 0.29) is 30.6 Å². The third kappa shape index (κ3) is 5.47. The minimum Gasteiger partial charge on any atom is -0.507 e. The molecule has 0 radical (unpaired) electrons. The van der Waals surface area contributed by atoms with Gasteiger partial charge < -0.3 is 19.5 Å². The van der Waals surface area contributed by atoms with Gasteiger partial charge in [0.25, 0.3) is 11.7 Å². The van der Waals surface area contributed by atoms with Crippen LogP contribution in [0, 0.1) is 6.92 Å². The Labute approximate surface area is 211 Å². The zero-order chi connectivity index (χ0) is 25.7. The number of carbonyl (C=O) groups is 2. The first-order chi connectivity index (χ1) is 17.4. The molecule has 1 aliphatic rings. The zero-order valence-corrected chi connectivity index (χ0v) is 20.7. The Morgan fingerprint density at radius 2 is 1.78 bits per heavy atom. The molecule has 1 saturated heterocycles. The van der Waals surface area contributed by atoms with Crippen LogP contribution >= 0.6 is 0 Å². The molecule has 4 rings (SSSR count). The van der Waals surface area contributed by atoms with E-state index in [2.05, 4.69) is 4.98 Å². The Hall–Kier alpha value is -3.97. The van der Waals surface area contributed by atoms with Crippen molar-refractivity contribution in [2.24, 2.45) is 0 Å². The maximum absolute atomic E-state index is 13.1. The largest absolute Gasteiger partial charge is 0.507 e. The summed E-state index contributed by atoms with van der Waals surface area (Å²) in [6.45, 7) is 6.60. The van der Waals surface area contributed by atoms with Gasteiger partial charge in [-0.1, -0.05) is 30.3 Å². The first-order valence-electron chi connectivity index (χ1n) is 11.9. The first kappa shape index (κ1) is 25.1. The molecule has 2 aromatic carbocycles. The number of hydrogen-bond acceptors (Lipinski definition) is 6. The number of benzene rings is 2. The molecule has 186 valence electrons. The van der Waals surface area contributed by atoms with Crippen LogP contribution in [-0.4, -0.2) is 45.9 Å². The summed E-state index contributed by atoms with van der Waals surface area (Å²) in [4.78, 5) is 31.6. The summed E-state index contributed by atoms with van der Waals surface area (Å²) in [6.07, 6.45) is 3.19. The number of ketones is 1. The molecule has 36 heavy (non-hydrogen) atoms. The van der Waals surface area contributed by atoms with Crippen LogP contribution in [-0.2, 0) is 20.9 Å². The van der Waals surface area contributed by atoms with Crippen molar-refractivity contribution >= 4 is 17.4 Å². The van der Waals surface area contributed by atoms with Gasteiger partial charge in [-0.3, -0.25) is 14.6 Å². The molecule has 7 nitrogen and oxygen atoms in total. The number of aliphatic hydroxyl groups is 1. The van der Waals surface area contributed by atoms with Gasteiger partial charge in [-0.25, -0.2) is 0 Å². The molecular formula is C29H30N2O5. The fraction of sp³-hybridized carbons (Fsp3) is 0.276. The van der Waals surface area contributed by atoms with Gasteiger partial charge in [0.1, 0.15) is 18.1 Å². The third-order valence-corrected chi connectivity index (χ3v) is 6.03. The smallest absolute Gasteiger partial charge is 0.295 e. The molecule has 1 unspecified atom stereocenters. The normalized spacial score (nSPS) is 17.1. The van der Waals surface area contributed by atoms with Crippen molar-refractivity contribution in [3.63, 3.8) is 0 Å². The van der Waals surface area contributed by atoms with Crippen LogP contribution in [0.4, 0.5) is 0 Å². The predicted octanol–water partition coefficient (Wildman–Crippen LogP) is 4.82. The number of rotatable bonds is 9. The number of carbonyl (C=O) groups excluding carboxylic acids is 2. The number of likely N-dealkylation sites (tertiary alicyclic amines) is 1. The number of hydrogen-bond donors (Lipinski definition) is 1. The van der Waals surface area contributed by atoms with Crippen molar-refractivity contribution < 1.29 is 24.2 Å². The number of aryl methyl sites for hydroxylation is 1. The molecule has 0 spiro atoms. The molecule has 1 N–H and O–H groups in total. The van der Waals surface area contributed by atoms with Crippen molar-refractivity contribution in [2.75, 3.05) is 13.2 Å². The molecule has 1 fully saturated rings. The second kappa shape index (κ2) is 11.2. The van der Waals surface area contributed by atoms with Gasteiger partial charge >= 0.3 is 0 Å². The van der Waals surface area contributed by atoms with Gasteiger partial charge in [0.15, 0.2) is 0 Å². The Morgan fingerprint density at radius 1 is 1.06 bits per heavy atom. The fourth-order valence-corrected chi connectivity index (χ4v) is 4.24. The highest BCUT2D eigenvalue weighted by atomic mass is 16.5. The summed E-state index contributed by atoms with van der Waals surface area (Å²) in [7, 11) is 0. The van der Waals surface area contributed by atoms with E-state index in [9.17, 15) is 14.7 Å². The summed E-state index contributed by atoms with van der Waals surface area (Å²) in [6, 6.07) is 17.8. The number of amides is 1. The van der Waals surface area contributed by atoms with Crippen molar-refractivity contribution in [1.82, 2.24) is 9.88 Å². The quantitative estimate of drug-likeness (QED) is 0.265. The Morgan fingerprint density at radius 3 is 2.44 bits per heavy atom. The molecule has 0 bridgehead atoms. The molecule has 7 heteroatoms. The van der Waals surface area contributed by atoms with Crippen LogP contribution < -0.4 is 4.74 Å². The SMILES string of the molecule is Cc1cc(/C(O)=C2/C(=O)C(=O)N(CCOC(C)C)C2c2ccncc2)ccc1OCc1ccccc1. The molecule has 1 atom stereocenters. The van der Waals surface area contributed by atoms with Gasteiger partial charge in [0.2, 0.25) is 0 Å². The van der Waals surface area contributed by atoms with E-state index in [1.54, 1.807) is 42.7 Å². The number of aliphatic hydroxyl groups excluding tert-OH is 1. The summed E-state index contributed by atoms with van der Waals surface area (Å²) in [5.41, 5.74) is 3.02. The van der Waals surface area contributed by atoms with Crippen LogP contribution in [0.25, 0.3) is 5.76 Å². The maximum Gasteiger partial charge on any atom is 0.295 e. The van der Waals surface area contributed by atoms with E-state index in [4.69, 9.17) is 9.47 Å². The van der Waals surface area contributed by atoms with E-state index in [0.717, 1.165) is 11.1 Å². The number of aromatic nitrogens is 1. The molecule has 3 aromatic rings. The summed E-state index contributed by atoms with van der Waals surface area (Å²) in [5.74, 6) is -0.932. The van der Waals surface area contributed by atoms with E-state index in [1.165, 1.54) is 4.90 Å². The lowest BCUT2D eigenvalue weighted by molar-refractivity contribution is -0.140. The maximum atomic E-state index is 13.1. The van der Waals surface area contributed by atoms with Gasteiger partial charge in [0.05, 0.1) is 24.3 Å². The molecule has 0 aliphatic carbocycles. The topological polar surface area (TPSA) is 89.0 Å². The molecule has 1 aliphatic heterocycles. The monoisotopic (exact) mass is 486 g/mol. The van der Waals surface area contributed by atoms with E-state index in [1.807, 2.05) is 51.1 Å². The number of Topliss-reactive ketones (excluding diaryl/α,β-unsaturated/α-hetero) is 1. The van der Waals surface area contributed by atoms with Gasteiger partial charge in [-0.2, -0.15) is 0 Å². The first-order valence-corrected chi connectivity index (χ1v) is 11.9. The predicted molar refractivity (Wildman–Crippen MR) is 136 cm³/mol. The van der Waals surface area contributed by atoms with Gasteiger partial charge in [-0.15, -0.1) is 0 Å². The standard InChI is InChI=1S/C29H30N2O5/c1-19(2)35-16-15-31-26(22-11-13-30-14-12-22)25(28(33)29(31)34)27(32)23-9-10-24(20(3)17-23)36-18-21-7-5-4-6-8-21/h4-14,17,19,26,32H,15-16,18H2,1-3H3/b27-25-. The van der Waals surface area contributed by atoms with Crippen LogP contribution in [0.2, 0.25) is 0 Å². The second-order valence-electron chi connectivity index (χ2n) is 8.95. The average Bonchev–Trinajstić information content (AvgIpc) is 3.13. The molecule has 0 saturated carbocycles. The lowest BCUT2D eigenvalue weighted by Crippen LogP contribution is -2.33. The van der Waals surface area contributed by atoms with Crippen molar-refractivity contribution in [2.45, 2.75) is 39.5 Å². The minimum atomic E-state index is -0.738. The van der Waals surface area contributed by atoms with Crippen molar-refractivity contribution in [3.05, 3.63) is 101 Å². The highest BCUT2D eigenvalue weighted by Gasteiger charge is 2.45. The summed E-state index contributed by atoms with van der Waals surface area (Å²) >= 11 is 0. The molecular weight excluding hydrogens is 456 g/mol. The van der Waals surface area contributed by atoms with E-state index in [0.29, 0.717) is 23.5 Å². The molecule has 1 aromatic heterocycles. The van der Waals surface area contributed by atoms with Crippen LogP contribution in [0.15, 0.2) is 78.6 Å². The average molecular weight is 487 g/mol. The highest BCUT2D eigenvalue weighted by molar-refractivity contribution is 6.46. The number of nitrogens with zero attached hydrogens (tertiary/aromatic N) is 2. The highest BCUT2D eigenvalue weighted by Crippen LogP contribution is 2.39. The lowest BCUT2D eigenvalue weighted by Gasteiger charge is -2.25. The van der Waals surface area contributed by atoms with Crippen LogP contribution in [0.3, 0.4) is 0 Å². The number of ether oxygens (including phenoxy) is 2. The van der Waals surface area contributed by atoms with Gasteiger partial charge in [0, 0.05) is 24.5 Å². The Balaban J connectivity index is 1.66. The summed E-state index contributed by atoms with van der Waals surface area (Å²) < 4.78 is 11.6. The third-order valence-electron chi connectivity index (χ3n) is 6.03. The van der Waals surface area contributed by atoms with Crippen molar-refractivity contribution in [3.8, 4) is 5.75 Å². The lowest BCUT2D eigenvalue weighted by atomic mass is 9.95. The summed E-state index contributed by atoms with van der Waals surface area (Å²) in [5, 5.41) is 11.3. The second-order valence-corrected chi connectivity index (χ2v) is 8.95. The Kier molecular flexibility index (Phi) is 7.80. The number of pyridine rings is 1. The molecule has 1 amide bonds. The van der Waals surface area contributed by atoms with E-state index >= 15 is 0 Å². The van der Waals surface area contributed by atoms with Gasteiger partial charge in [-0.05, 0) is 67.8 Å². The zero-order valence-electron chi connectivity index (χ0n) is 20.7. The van der Waals surface area contributed by atoms with Crippen LogP contribution in [0.1, 0.15) is 42.1 Å².